The number of fused-ring (bicyclic) bond motifs is 1. The Hall–Kier alpha value is -2.32. The third kappa shape index (κ3) is 2.28. The van der Waals surface area contributed by atoms with Gasteiger partial charge in [-0.1, -0.05) is 36.4 Å². The number of hydrogen-bond donors (Lipinski definition) is 0. The summed E-state index contributed by atoms with van der Waals surface area (Å²) in [6.45, 7) is 0. The van der Waals surface area contributed by atoms with Crippen LogP contribution in [0.5, 0.6) is 0 Å². The van der Waals surface area contributed by atoms with Crippen LogP contribution >= 0.6 is 11.3 Å². The topological polar surface area (TPSA) is 23.8 Å². The molecule has 0 aliphatic heterocycles. The molecule has 21 heavy (non-hydrogen) atoms. The molecule has 104 valence electrons. The van der Waals surface area contributed by atoms with Gasteiger partial charge in [-0.05, 0) is 12.1 Å². The summed E-state index contributed by atoms with van der Waals surface area (Å²) in [4.78, 5) is 0.0980. The molecule has 0 spiro atoms. The molecule has 0 unspecified atom stereocenters. The highest BCUT2D eigenvalue weighted by Crippen LogP contribution is 2.47. The molecule has 0 bridgehead atoms. The van der Waals surface area contributed by atoms with E-state index in [1.165, 1.54) is 12.1 Å². The number of nitriles is 1. The van der Waals surface area contributed by atoms with Crippen LogP contribution in [0.15, 0.2) is 48.5 Å². The average Bonchev–Trinajstić information content (AvgIpc) is 2.86. The lowest BCUT2D eigenvalue weighted by molar-refractivity contribution is -0.135. The second-order valence-electron chi connectivity index (χ2n) is 4.46. The van der Waals surface area contributed by atoms with Gasteiger partial charge in [0.15, 0.2) is 0 Å². The normalized spacial score (nSPS) is 11.5. The van der Waals surface area contributed by atoms with Crippen molar-refractivity contribution < 1.29 is 13.2 Å². The molecule has 0 radical (unpaired) electrons. The van der Waals surface area contributed by atoms with Gasteiger partial charge in [0.05, 0.1) is 17.2 Å². The standard InChI is InChI=1S/C16H8F3NS/c17-16(18,19)14-12-7-3-4-8-13(12)21-15(14)11-6-2-1-5-10(11)9-20/h1-8H. The molecule has 0 atom stereocenters. The van der Waals surface area contributed by atoms with Crippen LogP contribution in [0, 0.1) is 11.3 Å². The minimum absolute atomic E-state index is 0.0980. The van der Waals surface area contributed by atoms with Crippen molar-refractivity contribution in [1.29, 1.82) is 5.26 Å². The Balaban J connectivity index is 2.41. The fraction of sp³-hybridized carbons (Fsp3) is 0.0625. The van der Waals surface area contributed by atoms with E-state index in [0.717, 1.165) is 11.3 Å². The molecule has 0 amide bonds. The quantitative estimate of drug-likeness (QED) is 0.585. The first kappa shape index (κ1) is 13.7. The number of nitrogens with zero attached hydrogens (tertiary/aromatic N) is 1. The van der Waals surface area contributed by atoms with Crippen LogP contribution in [-0.4, -0.2) is 0 Å². The average molecular weight is 303 g/mol. The zero-order valence-electron chi connectivity index (χ0n) is 10.6. The summed E-state index contributed by atoms with van der Waals surface area (Å²) in [5.41, 5.74) is -0.0890. The Morgan fingerprint density at radius 3 is 2.33 bits per heavy atom. The lowest BCUT2D eigenvalue weighted by atomic mass is 10.0. The van der Waals surface area contributed by atoms with Crippen LogP contribution in [0.3, 0.4) is 0 Å². The maximum Gasteiger partial charge on any atom is 0.418 e. The van der Waals surface area contributed by atoms with Crippen molar-refractivity contribution in [1.82, 2.24) is 0 Å². The summed E-state index contributed by atoms with van der Waals surface area (Å²) in [6.07, 6.45) is -4.46. The van der Waals surface area contributed by atoms with Crippen molar-refractivity contribution >= 4 is 21.4 Å². The summed E-state index contributed by atoms with van der Waals surface area (Å²) < 4.78 is 40.9. The van der Waals surface area contributed by atoms with Crippen LogP contribution in [0.25, 0.3) is 20.5 Å². The van der Waals surface area contributed by atoms with Gasteiger partial charge in [0, 0.05) is 20.5 Å². The molecule has 1 nitrogen and oxygen atoms in total. The van der Waals surface area contributed by atoms with Crippen LogP contribution in [-0.2, 0) is 6.18 Å². The van der Waals surface area contributed by atoms with E-state index >= 15 is 0 Å². The number of halogens is 3. The molecule has 1 heterocycles. The monoisotopic (exact) mass is 303 g/mol. The minimum atomic E-state index is -4.46. The molecular formula is C16H8F3NS. The van der Waals surface area contributed by atoms with Gasteiger partial charge in [0.1, 0.15) is 0 Å². The summed E-state index contributed by atoms with van der Waals surface area (Å²) in [5, 5.41) is 9.30. The van der Waals surface area contributed by atoms with E-state index in [2.05, 4.69) is 0 Å². The molecule has 3 rings (SSSR count). The maximum atomic E-state index is 13.5. The van der Waals surface area contributed by atoms with E-state index in [9.17, 15) is 13.2 Å². The van der Waals surface area contributed by atoms with Crippen molar-refractivity contribution in [2.24, 2.45) is 0 Å². The molecule has 0 saturated heterocycles. The van der Waals surface area contributed by atoms with Gasteiger partial charge in [0.2, 0.25) is 0 Å². The summed E-state index contributed by atoms with van der Waals surface area (Å²) in [5.74, 6) is 0. The predicted molar refractivity (Wildman–Crippen MR) is 77.0 cm³/mol. The lowest BCUT2D eigenvalue weighted by Gasteiger charge is -2.10. The predicted octanol–water partition coefficient (Wildman–Crippen LogP) is 5.46. The SMILES string of the molecule is N#Cc1ccccc1-c1sc2ccccc2c1C(F)(F)F. The smallest absolute Gasteiger partial charge is 0.192 e. The van der Waals surface area contributed by atoms with Crippen LogP contribution < -0.4 is 0 Å². The fourth-order valence-electron chi connectivity index (χ4n) is 2.30. The molecule has 3 aromatic rings. The van der Waals surface area contributed by atoms with Crippen molar-refractivity contribution in [2.45, 2.75) is 6.18 Å². The fourth-order valence-corrected chi connectivity index (χ4v) is 3.56. The second kappa shape index (κ2) is 4.90. The minimum Gasteiger partial charge on any atom is -0.192 e. The molecule has 0 aliphatic carbocycles. The highest BCUT2D eigenvalue weighted by molar-refractivity contribution is 7.22. The van der Waals surface area contributed by atoms with Gasteiger partial charge >= 0.3 is 6.18 Å². The van der Waals surface area contributed by atoms with Crippen molar-refractivity contribution in [2.75, 3.05) is 0 Å². The van der Waals surface area contributed by atoms with E-state index in [1.54, 1.807) is 36.4 Å². The molecule has 5 heteroatoms. The van der Waals surface area contributed by atoms with Gasteiger partial charge in [-0.3, -0.25) is 0 Å². The number of alkyl halides is 3. The van der Waals surface area contributed by atoms with E-state index in [0.29, 0.717) is 10.3 Å². The van der Waals surface area contributed by atoms with Crippen LogP contribution in [0.2, 0.25) is 0 Å². The third-order valence-corrected chi connectivity index (χ3v) is 4.38. The molecule has 0 aliphatic rings. The zero-order chi connectivity index (χ0) is 15.0. The zero-order valence-corrected chi connectivity index (χ0v) is 11.4. The van der Waals surface area contributed by atoms with Crippen LogP contribution in [0.4, 0.5) is 13.2 Å². The summed E-state index contributed by atoms with van der Waals surface area (Å²) in [6, 6.07) is 14.7. The molecule has 0 fully saturated rings. The third-order valence-electron chi connectivity index (χ3n) is 3.17. The highest BCUT2D eigenvalue weighted by Gasteiger charge is 2.37. The lowest BCUT2D eigenvalue weighted by Crippen LogP contribution is -2.05. The van der Waals surface area contributed by atoms with Gasteiger partial charge < -0.3 is 0 Å². The van der Waals surface area contributed by atoms with E-state index < -0.39 is 11.7 Å². The molecule has 0 saturated carbocycles. The molecular weight excluding hydrogens is 295 g/mol. The highest BCUT2D eigenvalue weighted by atomic mass is 32.1. The van der Waals surface area contributed by atoms with Crippen molar-refractivity contribution in [3.63, 3.8) is 0 Å². The first-order valence-corrected chi connectivity index (χ1v) is 6.92. The number of rotatable bonds is 1. The van der Waals surface area contributed by atoms with Gasteiger partial charge in [-0.2, -0.15) is 18.4 Å². The van der Waals surface area contributed by atoms with Crippen molar-refractivity contribution in [3.05, 3.63) is 59.7 Å². The number of hydrogen-bond acceptors (Lipinski definition) is 2. The van der Waals surface area contributed by atoms with E-state index in [4.69, 9.17) is 5.26 Å². The van der Waals surface area contributed by atoms with Gasteiger partial charge in [0.25, 0.3) is 0 Å². The second-order valence-corrected chi connectivity index (χ2v) is 5.51. The van der Waals surface area contributed by atoms with E-state index in [1.807, 2.05) is 6.07 Å². The number of benzene rings is 2. The Labute approximate surface area is 122 Å². The molecule has 2 aromatic carbocycles. The van der Waals surface area contributed by atoms with Gasteiger partial charge in [-0.25, -0.2) is 0 Å². The largest absolute Gasteiger partial charge is 0.418 e. The Bertz CT molecular complexity index is 856. The Morgan fingerprint density at radius 1 is 0.952 bits per heavy atom. The number of thiophene rings is 1. The summed E-state index contributed by atoms with van der Waals surface area (Å²) >= 11 is 1.06. The van der Waals surface area contributed by atoms with E-state index in [-0.39, 0.29) is 15.8 Å². The first-order valence-electron chi connectivity index (χ1n) is 6.10. The summed E-state index contributed by atoms with van der Waals surface area (Å²) in [7, 11) is 0. The Morgan fingerprint density at radius 2 is 1.62 bits per heavy atom. The van der Waals surface area contributed by atoms with Crippen LogP contribution in [0.1, 0.15) is 11.1 Å². The maximum absolute atomic E-state index is 13.5. The molecule has 0 N–H and O–H groups in total. The van der Waals surface area contributed by atoms with Crippen molar-refractivity contribution in [3.8, 4) is 16.5 Å². The molecule has 1 aromatic heterocycles. The first-order chi connectivity index (χ1) is 10.0. The van der Waals surface area contributed by atoms with Gasteiger partial charge in [-0.15, -0.1) is 11.3 Å². The Kier molecular flexibility index (Phi) is 3.19.